The molecule has 1 aromatic carbocycles. The van der Waals surface area contributed by atoms with E-state index in [1.165, 1.54) is 18.4 Å². The maximum atomic E-state index is 12.2. The molecule has 3 rings (SSSR count). The van der Waals surface area contributed by atoms with Gasteiger partial charge in [-0.25, -0.2) is 0 Å². The van der Waals surface area contributed by atoms with Gasteiger partial charge in [0.2, 0.25) is 5.91 Å². The van der Waals surface area contributed by atoms with Gasteiger partial charge in [0.05, 0.1) is 0 Å². The molecular formula is C23H37IN4O. The van der Waals surface area contributed by atoms with Gasteiger partial charge in [-0.15, -0.1) is 24.0 Å². The van der Waals surface area contributed by atoms with Gasteiger partial charge in [0.15, 0.2) is 5.96 Å². The Morgan fingerprint density at radius 2 is 1.86 bits per heavy atom. The maximum absolute atomic E-state index is 12.2. The first kappa shape index (κ1) is 24.0. The van der Waals surface area contributed by atoms with Gasteiger partial charge in [0.1, 0.15) is 0 Å². The third kappa shape index (κ3) is 7.15. The summed E-state index contributed by atoms with van der Waals surface area (Å²) in [6.45, 7) is 9.48. The molecule has 5 nitrogen and oxygen atoms in total. The average molecular weight is 512 g/mol. The average Bonchev–Trinajstić information content (AvgIpc) is 3.46. The Bertz CT molecular complexity index is 665. The SMILES string of the molecule is CCNC(=NCC1(Cc2ccccc2)CC1)NC1CCN(C(=O)C(C)C)CC1.I. The summed E-state index contributed by atoms with van der Waals surface area (Å²) in [5.41, 5.74) is 1.76. The van der Waals surface area contributed by atoms with E-state index in [0.717, 1.165) is 51.4 Å². The largest absolute Gasteiger partial charge is 0.357 e. The molecule has 1 saturated carbocycles. The Balaban J connectivity index is 0.00000300. The first-order valence-electron chi connectivity index (χ1n) is 10.9. The van der Waals surface area contributed by atoms with Gasteiger partial charge in [-0.3, -0.25) is 9.79 Å². The summed E-state index contributed by atoms with van der Waals surface area (Å²) in [6.07, 6.45) is 5.61. The van der Waals surface area contributed by atoms with Crippen molar-refractivity contribution in [1.29, 1.82) is 0 Å². The smallest absolute Gasteiger partial charge is 0.225 e. The van der Waals surface area contributed by atoms with E-state index in [-0.39, 0.29) is 35.8 Å². The zero-order valence-electron chi connectivity index (χ0n) is 18.1. The Labute approximate surface area is 193 Å². The summed E-state index contributed by atoms with van der Waals surface area (Å²) in [4.78, 5) is 19.1. The number of benzene rings is 1. The Hall–Kier alpha value is -1.31. The van der Waals surface area contributed by atoms with E-state index >= 15 is 0 Å². The van der Waals surface area contributed by atoms with E-state index in [4.69, 9.17) is 4.99 Å². The lowest BCUT2D eigenvalue weighted by molar-refractivity contribution is -0.135. The van der Waals surface area contributed by atoms with Gasteiger partial charge in [0.25, 0.3) is 0 Å². The molecule has 0 aromatic heterocycles. The van der Waals surface area contributed by atoms with Gasteiger partial charge in [-0.1, -0.05) is 44.2 Å². The van der Waals surface area contributed by atoms with E-state index in [2.05, 4.69) is 47.9 Å². The van der Waals surface area contributed by atoms with Crippen molar-refractivity contribution in [3.8, 4) is 0 Å². The second-order valence-corrected chi connectivity index (χ2v) is 8.76. The number of halogens is 1. The van der Waals surface area contributed by atoms with Crippen molar-refractivity contribution in [2.75, 3.05) is 26.2 Å². The van der Waals surface area contributed by atoms with Crippen LogP contribution in [-0.4, -0.2) is 49.0 Å². The fraction of sp³-hybridized carbons (Fsp3) is 0.652. The predicted molar refractivity (Wildman–Crippen MR) is 131 cm³/mol. The molecule has 2 aliphatic rings. The number of carbonyl (C=O) groups excluding carboxylic acids is 1. The highest BCUT2D eigenvalue weighted by molar-refractivity contribution is 14.0. The minimum absolute atomic E-state index is 0. The van der Waals surface area contributed by atoms with Gasteiger partial charge in [0, 0.05) is 38.1 Å². The molecule has 1 aliphatic heterocycles. The number of piperidine rings is 1. The van der Waals surface area contributed by atoms with Crippen LogP contribution in [0.4, 0.5) is 0 Å². The molecule has 1 aliphatic carbocycles. The van der Waals surface area contributed by atoms with Crippen molar-refractivity contribution in [3.63, 3.8) is 0 Å². The lowest BCUT2D eigenvalue weighted by Gasteiger charge is -2.34. The molecule has 2 N–H and O–H groups in total. The lowest BCUT2D eigenvalue weighted by atomic mass is 9.97. The predicted octanol–water partition coefficient (Wildman–Crippen LogP) is 3.83. The van der Waals surface area contributed by atoms with Crippen molar-refractivity contribution >= 4 is 35.8 Å². The summed E-state index contributed by atoms with van der Waals surface area (Å²) in [7, 11) is 0. The molecule has 0 radical (unpaired) electrons. The molecule has 1 aromatic rings. The molecule has 0 spiro atoms. The second-order valence-electron chi connectivity index (χ2n) is 8.76. The molecule has 2 fully saturated rings. The summed E-state index contributed by atoms with van der Waals surface area (Å²) in [5.74, 6) is 1.29. The second kappa shape index (κ2) is 11.2. The van der Waals surface area contributed by atoms with Crippen molar-refractivity contribution in [2.24, 2.45) is 16.3 Å². The quantitative estimate of drug-likeness (QED) is 0.332. The van der Waals surface area contributed by atoms with Crippen molar-refractivity contribution in [3.05, 3.63) is 35.9 Å². The van der Waals surface area contributed by atoms with Crippen LogP contribution in [0.2, 0.25) is 0 Å². The van der Waals surface area contributed by atoms with Crippen molar-refractivity contribution < 1.29 is 4.79 Å². The van der Waals surface area contributed by atoms with Crippen LogP contribution in [0.15, 0.2) is 35.3 Å². The number of carbonyl (C=O) groups is 1. The van der Waals surface area contributed by atoms with Crippen LogP contribution in [0.5, 0.6) is 0 Å². The fourth-order valence-electron chi connectivity index (χ4n) is 3.97. The summed E-state index contributed by atoms with van der Waals surface area (Å²) >= 11 is 0. The third-order valence-electron chi connectivity index (χ3n) is 5.94. The molecule has 29 heavy (non-hydrogen) atoms. The minimum atomic E-state index is 0. The monoisotopic (exact) mass is 512 g/mol. The van der Waals surface area contributed by atoms with E-state index < -0.39 is 0 Å². The van der Waals surface area contributed by atoms with E-state index in [9.17, 15) is 4.79 Å². The van der Waals surface area contributed by atoms with Crippen LogP contribution >= 0.6 is 24.0 Å². The van der Waals surface area contributed by atoms with Crippen LogP contribution in [-0.2, 0) is 11.2 Å². The van der Waals surface area contributed by atoms with Crippen molar-refractivity contribution in [1.82, 2.24) is 15.5 Å². The lowest BCUT2D eigenvalue weighted by Crippen LogP contribution is -2.50. The molecule has 1 saturated heterocycles. The molecule has 0 unspecified atom stereocenters. The third-order valence-corrected chi connectivity index (χ3v) is 5.94. The normalized spacial score (nSPS) is 18.9. The van der Waals surface area contributed by atoms with Crippen LogP contribution < -0.4 is 10.6 Å². The molecule has 162 valence electrons. The van der Waals surface area contributed by atoms with Crippen LogP contribution in [0.25, 0.3) is 0 Å². The molecule has 1 amide bonds. The Kier molecular flexibility index (Phi) is 9.24. The fourth-order valence-corrected chi connectivity index (χ4v) is 3.97. The molecule has 1 heterocycles. The van der Waals surface area contributed by atoms with Gasteiger partial charge < -0.3 is 15.5 Å². The number of hydrogen-bond donors (Lipinski definition) is 2. The number of nitrogens with zero attached hydrogens (tertiary/aromatic N) is 2. The van der Waals surface area contributed by atoms with Crippen molar-refractivity contribution in [2.45, 2.75) is 58.9 Å². The molecule has 0 bridgehead atoms. The summed E-state index contributed by atoms with van der Waals surface area (Å²) < 4.78 is 0. The molecule has 0 atom stereocenters. The highest BCUT2D eigenvalue weighted by atomic mass is 127. The van der Waals surface area contributed by atoms with E-state index in [0.29, 0.717) is 11.5 Å². The van der Waals surface area contributed by atoms with E-state index in [1.54, 1.807) is 0 Å². The molecule has 6 heteroatoms. The number of aliphatic imine (C=N–C) groups is 1. The number of nitrogens with one attached hydrogen (secondary N) is 2. The molecular weight excluding hydrogens is 475 g/mol. The Morgan fingerprint density at radius 3 is 2.41 bits per heavy atom. The van der Waals surface area contributed by atoms with Gasteiger partial charge in [-0.2, -0.15) is 0 Å². The topological polar surface area (TPSA) is 56.7 Å². The zero-order valence-corrected chi connectivity index (χ0v) is 20.4. The highest BCUT2D eigenvalue weighted by Crippen LogP contribution is 2.48. The first-order chi connectivity index (χ1) is 13.5. The van der Waals surface area contributed by atoms with Crippen LogP contribution in [0, 0.1) is 11.3 Å². The van der Waals surface area contributed by atoms with Crippen LogP contribution in [0.1, 0.15) is 52.0 Å². The number of guanidine groups is 1. The first-order valence-corrected chi connectivity index (χ1v) is 10.9. The summed E-state index contributed by atoms with van der Waals surface area (Å²) in [5, 5.41) is 7.02. The number of amides is 1. The standard InChI is InChI=1S/C23H36N4O.HI/c1-4-24-22(26-20-10-14-27(15-11-20)21(28)18(2)3)25-17-23(12-13-23)16-19-8-6-5-7-9-19;/h5-9,18,20H,4,10-17H2,1-3H3,(H2,24,25,26);1H. The maximum Gasteiger partial charge on any atom is 0.225 e. The van der Waals surface area contributed by atoms with Crippen LogP contribution in [0.3, 0.4) is 0 Å². The van der Waals surface area contributed by atoms with Gasteiger partial charge >= 0.3 is 0 Å². The summed E-state index contributed by atoms with van der Waals surface area (Å²) in [6, 6.07) is 11.2. The highest BCUT2D eigenvalue weighted by Gasteiger charge is 2.42. The number of rotatable bonds is 7. The number of hydrogen-bond acceptors (Lipinski definition) is 2. The Morgan fingerprint density at radius 1 is 1.21 bits per heavy atom. The minimum Gasteiger partial charge on any atom is -0.357 e. The van der Waals surface area contributed by atoms with Gasteiger partial charge in [-0.05, 0) is 50.0 Å². The van der Waals surface area contributed by atoms with E-state index in [1.807, 2.05) is 18.7 Å². The number of likely N-dealkylation sites (tertiary alicyclic amines) is 1. The zero-order chi connectivity index (χ0) is 20.0.